The normalized spacial score (nSPS) is 11.9. The van der Waals surface area contributed by atoms with Crippen molar-refractivity contribution in [1.29, 1.82) is 0 Å². The van der Waals surface area contributed by atoms with Crippen molar-refractivity contribution in [1.82, 2.24) is 19.9 Å². The van der Waals surface area contributed by atoms with E-state index < -0.39 is 0 Å². The molecule has 10 heteroatoms. The molecule has 0 radical (unpaired) electrons. The summed E-state index contributed by atoms with van der Waals surface area (Å²) in [7, 11) is 0. The van der Waals surface area contributed by atoms with Gasteiger partial charge in [-0.1, -0.05) is 97.1 Å². The van der Waals surface area contributed by atoms with E-state index in [1.165, 1.54) is 0 Å². The van der Waals surface area contributed by atoms with Crippen LogP contribution in [0, 0.1) is 0 Å². The van der Waals surface area contributed by atoms with Crippen LogP contribution in [0.2, 0.25) is 0 Å². The van der Waals surface area contributed by atoms with Crippen LogP contribution in [0.25, 0.3) is 100 Å². The number of nitrogens with zero attached hydrogens (tertiary/aromatic N) is 4. The Kier molecular flexibility index (Phi) is 12.3. The van der Waals surface area contributed by atoms with Crippen LogP contribution in [-0.4, -0.2) is 42.2 Å². The van der Waals surface area contributed by atoms with Gasteiger partial charge in [-0.2, -0.15) is 0 Å². The number of ketones is 1. The second-order valence-electron chi connectivity index (χ2n) is 16.4. The Balaban J connectivity index is 0.00000553. The molecule has 0 saturated heterocycles. The van der Waals surface area contributed by atoms with Gasteiger partial charge in [0.15, 0.2) is 0 Å². The molecule has 5 heterocycles. The maximum Gasteiger partial charge on any atom is 2.00 e. The van der Waals surface area contributed by atoms with E-state index in [1.807, 2.05) is 173 Å². The maximum absolute atomic E-state index is 15.9. The van der Waals surface area contributed by atoms with E-state index in [4.69, 9.17) is 38.9 Å². The zero-order valence-electron chi connectivity index (χ0n) is 38.5. The SMILES string of the molecule is CCOc1ccc(-c2c3nc(c(-c4ccc(OCC)cc4)c4ccc([n-]4)c4c5nc(c(-c6ccc(OCC)cc6)c6ccc2[n-]6)C(=O)c5c(-c2ccccc2)c2cc(OCC)ccc24)C=C3)cc1.[Ni+2]. The summed E-state index contributed by atoms with van der Waals surface area (Å²) in [4.78, 5) is 37.6. The van der Waals surface area contributed by atoms with E-state index in [0.29, 0.717) is 70.9 Å². The Bertz CT molecular complexity index is 3620. The molecule has 11 rings (SSSR count). The summed E-state index contributed by atoms with van der Waals surface area (Å²) in [6.07, 6.45) is 4.09. The Labute approximate surface area is 409 Å². The molecule has 0 saturated carbocycles. The molecule has 0 spiro atoms. The van der Waals surface area contributed by atoms with Crippen molar-refractivity contribution in [3.05, 3.63) is 168 Å². The first-order valence-electron chi connectivity index (χ1n) is 23.1. The summed E-state index contributed by atoms with van der Waals surface area (Å²) in [5, 5.41) is 2.49. The standard InChI is InChI=1S/C59H47N4O5.Ni/c1-5-65-39-20-14-36(15-21-39)52-45-28-29-46(60-45)53(37-16-22-40(23-17-37)66-6-2)48-31-33-50(62-48)55-43-27-26-42(68-8-4)34-44(43)51(35-12-10-9-11-13-35)56-57(55)63-58(59(56)64)54(49-32-30-47(52)61-49)38-18-24-41(25-19-38)67-7-3;/h9-34H,5-8H2,1-4H3,(H-,60,61,62,63,64);/q-1;+2/p-1. The fourth-order valence-corrected chi connectivity index (χ4v) is 9.49. The first-order valence-corrected chi connectivity index (χ1v) is 23.1. The molecule has 9 nitrogen and oxygen atoms in total. The molecule has 2 aliphatic rings. The smallest absolute Gasteiger partial charge is 0.657 e. The van der Waals surface area contributed by atoms with Crippen molar-refractivity contribution in [2.45, 2.75) is 27.7 Å². The third-order valence-corrected chi connectivity index (χ3v) is 12.3. The predicted molar refractivity (Wildman–Crippen MR) is 273 cm³/mol. The number of benzene rings is 6. The summed E-state index contributed by atoms with van der Waals surface area (Å²) in [5.74, 6) is 2.74. The molecule has 0 atom stereocenters. The topological polar surface area (TPSA) is 108 Å². The second kappa shape index (κ2) is 19.0. The fourth-order valence-electron chi connectivity index (χ4n) is 9.49. The van der Waals surface area contributed by atoms with Crippen molar-refractivity contribution in [3.63, 3.8) is 0 Å². The third kappa shape index (κ3) is 8.11. The molecule has 0 fully saturated rings. The number of rotatable bonds is 12. The van der Waals surface area contributed by atoms with Crippen molar-refractivity contribution >= 4 is 61.7 Å². The Hall–Kier alpha value is -7.94. The Morgan fingerprint density at radius 1 is 0.420 bits per heavy atom. The summed E-state index contributed by atoms with van der Waals surface area (Å²) >= 11 is 0. The minimum atomic E-state index is -0.215. The van der Waals surface area contributed by atoms with E-state index >= 15 is 4.79 Å². The molecular formula is C59H46N4NiO5. The number of carbonyl (C=O) groups excluding carboxylic acids is 1. The third-order valence-electron chi connectivity index (χ3n) is 12.3. The van der Waals surface area contributed by atoms with Gasteiger partial charge in [-0.15, -0.1) is 22.1 Å². The van der Waals surface area contributed by atoms with Crippen LogP contribution in [-0.2, 0) is 16.5 Å². The molecule has 6 aromatic carbocycles. The molecular weight excluding hydrogens is 903 g/mol. The molecule has 2 aliphatic heterocycles. The first-order chi connectivity index (χ1) is 33.4. The molecule has 0 unspecified atom stereocenters. The number of hydrogen-bond donors (Lipinski definition) is 0. The summed E-state index contributed by atoms with van der Waals surface area (Å²) in [6, 6.07) is 48.0. The molecule has 3 aromatic heterocycles. The molecule has 342 valence electrons. The van der Waals surface area contributed by atoms with Gasteiger partial charge in [-0.25, -0.2) is 9.97 Å². The summed E-state index contributed by atoms with van der Waals surface area (Å²) in [5.41, 5.74) is 12.0. The van der Waals surface area contributed by atoms with Crippen LogP contribution in [0.4, 0.5) is 0 Å². The second-order valence-corrected chi connectivity index (χ2v) is 16.4. The maximum atomic E-state index is 15.9. The minimum Gasteiger partial charge on any atom is -0.657 e. The summed E-state index contributed by atoms with van der Waals surface area (Å²) < 4.78 is 23.7. The molecule has 0 amide bonds. The van der Waals surface area contributed by atoms with Crippen molar-refractivity contribution in [2.24, 2.45) is 0 Å². The number of ether oxygens (including phenoxy) is 4. The van der Waals surface area contributed by atoms with E-state index in [0.717, 1.165) is 83.7 Å². The number of aromatic nitrogens is 4. The van der Waals surface area contributed by atoms with Gasteiger partial charge in [-0.3, -0.25) is 4.79 Å². The average Bonchev–Trinajstić information content (AvgIpc) is 4.20. The van der Waals surface area contributed by atoms with Crippen LogP contribution < -0.4 is 28.9 Å². The van der Waals surface area contributed by atoms with Gasteiger partial charge in [0, 0.05) is 5.56 Å². The quantitative estimate of drug-likeness (QED) is 0.111. The zero-order valence-corrected chi connectivity index (χ0v) is 39.5. The Morgan fingerprint density at radius 2 is 0.855 bits per heavy atom. The van der Waals surface area contributed by atoms with Gasteiger partial charge in [0.05, 0.1) is 48.9 Å². The first kappa shape index (κ1) is 44.9. The van der Waals surface area contributed by atoms with Gasteiger partial charge in [0.25, 0.3) is 0 Å². The average molecular weight is 950 g/mol. The van der Waals surface area contributed by atoms with Crippen LogP contribution in [0.15, 0.2) is 146 Å². The van der Waals surface area contributed by atoms with Gasteiger partial charge in [0.1, 0.15) is 28.7 Å². The van der Waals surface area contributed by atoms with Crippen LogP contribution in [0.1, 0.15) is 55.1 Å². The van der Waals surface area contributed by atoms with Crippen LogP contribution in [0.5, 0.6) is 23.0 Å². The van der Waals surface area contributed by atoms with Crippen molar-refractivity contribution in [2.75, 3.05) is 26.4 Å². The predicted octanol–water partition coefficient (Wildman–Crippen LogP) is 13.5. The molecule has 0 N–H and O–H groups in total. The largest absolute Gasteiger partial charge is 2.00 e. The number of fused-ring (bicyclic) bond motifs is 10. The zero-order chi connectivity index (χ0) is 46.3. The van der Waals surface area contributed by atoms with E-state index in [2.05, 4.69) is 12.1 Å². The van der Waals surface area contributed by atoms with Crippen LogP contribution in [0.3, 0.4) is 0 Å². The van der Waals surface area contributed by atoms with E-state index in [1.54, 1.807) is 0 Å². The van der Waals surface area contributed by atoms with Crippen molar-refractivity contribution in [3.8, 4) is 67.5 Å². The van der Waals surface area contributed by atoms with Crippen LogP contribution >= 0.6 is 0 Å². The van der Waals surface area contributed by atoms with E-state index in [9.17, 15) is 0 Å². The van der Waals surface area contributed by atoms with Crippen molar-refractivity contribution < 1.29 is 40.2 Å². The van der Waals surface area contributed by atoms with Gasteiger partial charge in [-0.05, 0) is 143 Å². The number of carbonyl (C=O) groups is 1. The molecule has 9 aromatic rings. The number of hydrogen-bond acceptors (Lipinski definition) is 7. The molecule has 0 aliphatic carbocycles. The van der Waals surface area contributed by atoms with E-state index in [-0.39, 0.29) is 28.0 Å². The summed E-state index contributed by atoms with van der Waals surface area (Å²) in [6.45, 7) is 9.98. The molecule has 69 heavy (non-hydrogen) atoms. The minimum absolute atomic E-state index is 0. The van der Waals surface area contributed by atoms with Gasteiger partial charge in [0.2, 0.25) is 5.78 Å². The fraction of sp³-hybridized carbons (Fsp3) is 0.136. The Morgan fingerprint density at radius 3 is 1.38 bits per heavy atom. The monoisotopic (exact) mass is 948 g/mol. The van der Waals surface area contributed by atoms with Gasteiger partial charge < -0.3 is 28.9 Å². The molecule has 8 bridgehead atoms. The van der Waals surface area contributed by atoms with Gasteiger partial charge >= 0.3 is 16.5 Å².